The maximum atomic E-state index is 14.0. The number of halogens is 1. The lowest BCUT2D eigenvalue weighted by Gasteiger charge is -2.35. The molecule has 368 valence electrons. The smallest absolute Gasteiger partial charge is 0.267 e. The molecule has 0 spiro atoms. The Hall–Kier alpha value is -5.61. The molecule has 3 atom stereocenters. The van der Waals surface area contributed by atoms with Crippen LogP contribution in [0.15, 0.2) is 60.2 Å². The number of aliphatic hydroxyl groups excluding tert-OH is 1. The maximum Gasteiger partial charge on any atom is 0.267 e. The second kappa shape index (κ2) is 23.3. The molecular weight excluding hydrogens is 942 g/mol. The van der Waals surface area contributed by atoms with E-state index in [-0.39, 0.29) is 56.4 Å². The molecule has 0 aliphatic carbocycles. The van der Waals surface area contributed by atoms with Crippen LogP contribution in [0.5, 0.6) is 0 Å². The summed E-state index contributed by atoms with van der Waals surface area (Å²) in [6.07, 6.45) is 0.856. The van der Waals surface area contributed by atoms with E-state index in [1.54, 1.807) is 29.2 Å². The number of amides is 4. The van der Waals surface area contributed by atoms with Crippen molar-refractivity contribution in [2.45, 2.75) is 72.7 Å². The number of rotatable bonds is 19. The number of aryl methyl sites for hydroxylation is 3. The lowest BCUT2D eigenvalue weighted by molar-refractivity contribution is -0.142. The monoisotopic (exact) mass is 1000 g/mol. The predicted octanol–water partition coefficient (Wildman–Crippen LogP) is 5.60. The van der Waals surface area contributed by atoms with Crippen LogP contribution in [-0.2, 0) is 30.4 Å². The van der Waals surface area contributed by atoms with Crippen molar-refractivity contribution in [3.63, 3.8) is 0 Å². The van der Waals surface area contributed by atoms with E-state index in [0.29, 0.717) is 84.1 Å². The van der Waals surface area contributed by atoms with E-state index >= 15 is 0 Å². The van der Waals surface area contributed by atoms with Gasteiger partial charge in [-0.2, -0.15) is 0 Å². The molecule has 5 heterocycles. The number of ether oxygens (including phenoxy) is 2. The molecule has 21 heteroatoms. The number of aliphatic hydroxyl groups is 1. The zero-order chi connectivity index (χ0) is 49.2. The molecular formula is C48H60ClN11O7S2. The Kier molecular flexibility index (Phi) is 17.3. The Balaban J connectivity index is 0.791. The summed E-state index contributed by atoms with van der Waals surface area (Å²) in [7, 11) is 0. The van der Waals surface area contributed by atoms with Crippen molar-refractivity contribution in [2.75, 3.05) is 81.2 Å². The first-order valence-corrected chi connectivity index (χ1v) is 24.9. The molecule has 4 amide bonds. The first-order valence-electron chi connectivity index (χ1n) is 22.9. The highest BCUT2D eigenvalue weighted by Crippen LogP contribution is 2.31. The summed E-state index contributed by atoms with van der Waals surface area (Å²) in [5.41, 5.74) is 5.70. The van der Waals surface area contributed by atoms with Crippen molar-refractivity contribution in [1.82, 2.24) is 40.4 Å². The fraction of sp³-hybridized carbons (Fsp3) is 0.458. The topological polar surface area (TPSA) is 216 Å². The quantitative estimate of drug-likeness (QED) is 0.0638. The van der Waals surface area contributed by atoms with Gasteiger partial charge >= 0.3 is 0 Å². The van der Waals surface area contributed by atoms with E-state index in [0.717, 1.165) is 27.3 Å². The van der Waals surface area contributed by atoms with Crippen LogP contribution in [0.1, 0.15) is 59.5 Å². The summed E-state index contributed by atoms with van der Waals surface area (Å²) in [4.78, 5) is 78.1. The number of carbonyl (C=O) groups is 4. The van der Waals surface area contributed by atoms with Crippen LogP contribution in [0.2, 0.25) is 5.02 Å². The summed E-state index contributed by atoms with van der Waals surface area (Å²) in [6.45, 7) is 15.0. The molecule has 0 unspecified atom stereocenters. The zero-order valence-electron chi connectivity index (χ0n) is 39.7. The number of anilines is 4. The molecule has 2 aromatic carbocycles. The molecule has 3 aromatic heterocycles. The summed E-state index contributed by atoms with van der Waals surface area (Å²) < 4.78 is 11.5. The van der Waals surface area contributed by atoms with E-state index in [2.05, 4.69) is 46.1 Å². The number of nitrogens with zero attached hydrogens (tertiary/aromatic N) is 7. The number of benzene rings is 2. The number of carbonyl (C=O) groups excluding carboxylic acids is 4. The third kappa shape index (κ3) is 13.6. The standard InChI is InChI=1S/C48H60ClN11O7S2/c1-29-8-7-9-35(49)41(29)57-45(64)37-25-52-47(69-37)56-38-23-39(55-31(3)54-38)58-15-17-59(18-16-58)40(62)27-67-21-20-66-19-14-50-43(48(4,5)6)46(65)60-26-34(61)22-36(60)44(63)51-24-32-10-12-33(13-11-32)42-30(2)53-28-68-42/h7-13,23,25,28,34,36,43,50,61H,14-22,24,26-27H2,1-6H3,(H,51,63)(H,57,64)(H,52,54,55,56)/t34-,36+,43-/m1/s1. The van der Waals surface area contributed by atoms with E-state index in [1.807, 2.05) is 82.6 Å². The van der Waals surface area contributed by atoms with E-state index < -0.39 is 23.6 Å². The Morgan fingerprint density at radius 3 is 2.42 bits per heavy atom. The van der Waals surface area contributed by atoms with Gasteiger partial charge in [-0.05, 0) is 48.9 Å². The van der Waals surface area contributed by atoms with Crippen molar-refractivity contribution in [3.05, 3.63) is 92.8 Å². The summed E-state index contributed by atoms with van der Waals surface area (Å²) in [5, 5.41) is 23.9. The normalized spacial score (nSPS) is 16.7. The molecule has 2 fully saturated rings. The number of piperazine rings is 1. The molecule has 5 aromatic rings. The van der Waals surface area contributed by atoms with E-state index in [4.69, 9.17) is 21.1 Å². The van der Waals surface area contributed by atoms with Gasteiger partial charge < -0.3 is 50.5 Å². The molecule has 0 bridgehead atoms. The molecule has 5 N–H and O–H groups in total. The zero-order valence-corrected chi connectivity index (χ0v) is 42.1. The van der Waals surface area contributed by atoms with Crippen LogP contribution in [-0.4, -0.2) is 142 Å². The molecule has 2 aliphatic heterocycles. The average Bonchev–Trinajstić information content (AvgIpc) is 4.08. The maximum absolute atomic E-state index is 14.0. The molecule has 0 radical (unpaired) electrons. The third-order valence-corrected chi connectivity index (χ3v) is 14.0. The second-order valence-electron chi connectivity index (χ2n) is 18.1. The second-order valence-corrected chi connectivity index (χ2v) is 20.4. The Morgan fingerprint density at radius 2 is 1.71 bits per heavy atom. The van der Waals surface area contributed by atoms with Crippen LogP contribution >= 0.6 is 34.3 Å². The minimum atomic E-state index is -0.806. The van der Waals surface area contributed by atoms with Gasteiger partial charge in [0, 0.05) is 58.3 Å². The van der Waals surface area contributed by atoms with Crippen molar-refractivity contribution in [1.29, 1.82) is 0 Å². The highest BCUT2D eigenvalue weighted by Gasteiger charge is 2.43. The minimum Gasteiger partial charge on any atom is -0.391 e. The van der Waals surface area contributed by atoms with Gasteiger partial charge in [-0.3, -0.25) is 19.2 Å². The Bertz CT molecular complexity index is 2560. The number of nitrogens with one attached hydrogen (secondary N) is 4. The summed E-state index contributed by atoms with van der Waals surface area (Å²) >= 11 is 9.07. The van der Waals surface area contributed by atoms with Crippen molar-refractivity contribution < 1.29 is 33.8 Å². The lowest BCUT2D eigenvalue weighted by atomic mass is 9.85. The Labute approximate surface area is 415 Å². The number of para-hydroxylation sites is 1. The molecule has 18 nitrogen and oxygen atoms in total. The largest absolute Gasteiger partial charge is 0.391 e. The molecule has 69 heavy (non-hydrogen) atoms. The van der Waals surface area contributed by atoms with Crippen molar-refractivity contribution in [2.24, 2.45) is 5.41 Å². The molecule has 0 saturated carbocycles. The lowest BCUT2D eigenvalue weighted by Crippen LogP contribution is -2.57. The van der Waals surface area contributed by atoms with Crippen LogP contribution in [0.4, 0.5) is 22.5 Å². The molecule has 2 saturated heterocycles. The van der Waals surface area contributed by atoms with Crippen LogP contribution in [0.3, 0.4) is 0 Å². The fourth-order valence-corrected chi connectivity index (χ4v) is 9.92. The summed E-state index contributed by atoms with van der Waals surface area (Å²) in [5.74, 6) is 0.802. The van der Waals surface area contributed by atoms with E-state index in [9.17, 15) is 24.3 Å². The minimum absolute atomic E-state index is 0.0728. The van der Waals surface area contributed by atoms with Crippen LogP contribution in [0, 0.1) is 26.2 Å². The van der Waals surface area contributed by atoms with Crippen LogP contribution < -0.4 is 26.2 Å². The number of thiazole rings is 2. The van der Waals surface area contributed by atoms with Gasteiger partial charge in [0.05, 0.1) is 65.0 Å². The van der Waals surface area contributed by atoms with Gasteiger partial charge in [-0.15, -0.1) is 11.3 Å². The first kappa shape index (κ1) is 51.2. The van der Waals surface area contributed by atoms with Gasteiger partial charge in [0.25, 0.3) is 5.91 Å². The fourth-order valence-electron chi connectivity index (χ4n) is 8.12. The number of aromatic nitrogens is 4. The number of hydrogen-bond acceptors (Lipinski definition) is 16. The molecule has 2 aliphatic rings. The Morgan fingerprint density at radius 1 is 0.957 bits per heavy atom. The van der Waals surface area contributed by atoms with Gasteiger partial charge in [0.2, 0.25) is 17.7 Å². The van der Waals surface area contributed by atoms with E-state index in [1.165, 1.54) is 22.4 Å². The number of likely N-dealkylation sites (tertiary alicyclic amines) is 1. The first-order chi connectivity index (χ1) is 33.0. The van der Waals surface area contributed by atoms with Crippen molar-refractivity contribution >= 4 is 80.4 Å². The highest BCUT2D eigenvalue weighted by atomic mass is 35.5. The van der Waals surface area contributed by atoms with Gasteiger partial charge in [-0.1, -0.05) is 80.1 Å². The number of β-amino-alcohol motifs (C(OH)–C–C–N with tert-alkyl or cyclic N) is 1. The van der Waals surface area contributed by atoms with Gasteiger partial charge in [-0.25, -0.2) is 19.9 Å². The van der Waals surface area contributed by atoms with Gasteiger partial charge in [0.15, 0.2) is 5.13 Å². The van der Waals surface area contributed by atoms with Crippen molar-refractivity contribution in [3.8, 4) is 10.4 Å². The molecule has 7 rings (SSSR count). The highest BCUT2D eigenvalue weighted by molar-refractivity contribution is 7.17. The van der Waals surface area contributed by atoms with Crippen LogP contribution in [0.25, 0.3) is 10.4 Å². The van der Waals surface area contributed by atoms with Gasteiger partial charge in [0.1, 0.15) is 35.0 Å². The average molecular weight is 1000 g/mol. The predicted molar refractivity (Wildman–Crippen MR) is 268 cm³/mol. The SMILES string of the molecule is Cc1nc(Nc2ncc(C(=O)Nc3c(C)cccc3Cl)s2)cc(N2CCN(C(=O)COCCOCCN[C@H](C(=O)N3C[C@H](O)C[C@H]3C(=O)NCc3ccc(-c4scnc4C)cc3)C(C)(C)C)CC2)n1. The third-order valence-electron chi connectivity index (χ3n) is 11.8. The summed E-state index contributed by atoms with van der Waals surface area (Å²) in [6, 6.07) is 13.8. The number of hydrogen-bond donors (Lipinski definition) is 5.